The summed E-state index contributed by atoms with van der Waals surface area (Å²) in [6.45, 7) is 1.19. The van der Waals surface area contributed by atoms with Gasteiger partial charge in [0.2, 0.25) is 11.7 Å². The Morgan fingerprint density at radius 2 is 2.29 bits per heavy atom. The Balaban J connectivity index is 2.54. The standard InChI is InChI=1S/C8H9N3O3/c1-14-7-4-2-9-3-5(4)10-6(11-7)8(12)13/h9H,2-3H2,1H3,(H,12,13). The number of aromatic nitrogens is 2. The number of nitrogens with zero attached hydrogens (tertiary/aromatic N) is 2. The fourth-order valence-electron chi connectivity index (χ4n) is 1.40. The van der Waals surface area contributed by atoms with Gasteiger partial charge in [-0.05, 0) is 0 Å². The maximum Gasteiger partial charge on any atom is 0.374 e. The topological polar surface area (TPSA) is 84.3 Å². The first-order chi connectivity index (χ1) is 6.72. The Kier molecular flexibility index (Phi) is 2.05. The maximum atomic E-state index is 10.7. The maximum absolute atomic E-state index is 10.7. The Labute approximate surface area is 79.9 Å². The average molecular weight is 195 g/mol. The van der Waals surface area contributed by atoms with E-state index in [1.807, 2.05) is 0 Å². The van der Waals surface area contributed by atoms with Gasteiger partial charge >= 0.3 is 5.97 Å². The smallest absolute Gasteiger partial charge is 0.374 e. The molecular weight excluding hydrogens is 186 g/mol. The summed E-state index contributed by atoms with van der Waals surface area (Å²) >= 11 is 0. The van der Waals surface area contributed by atoms with Crippen molar-refractivity contribution in [1.82, 2.24) is 15.3 Å². The molecular formula is C8H9N3O3. The van der Waals surface area contributed by atoms with Crippen molar-refractivity contribution >= 4 is 5.97 Å². The van der Waals surface area contributed by atoms with Gasteiger partial charge in [0.25, 0.3) is 0 Å². The van der Waals surface area contributed by atoms with E-state index in [1.54, 1.807) is 0 Å². The Bertz CT molecular complexity index is 392. The molecule has 0 bridgehead atoms. The second kappa shape index (κ2) is 3.22. The van der Waals surface area contributed by atoms with Gasteiger partial charge in [0, 0.05) is 13.1 Å². The van der Waals surface area contributed by atoms with Gasteiger partial charge in [-0.1, -0.05) is 0 Å². The molecule has 0 saturated heterocycles. The highest BCUT2D eigenvalue weighted by Gasteiger charge is 2.21. The molecule has 6 heteroatoms. The van der Waals surface area contributed by atoms with Crippen LogP contribution in [0.1, 0.15) is 21.9 Å². The molecule has 1 aromatic heterocycles. The molecule has 0 fully saturated rings. The molecule has 0 aromatic carbocycles. The Morgan fingerprint density at radius 1 is 1.50 bits per heavy atom. The van der Waals surface area contributed by atoms with E-state index in [1.165, 1.54) is 7.11 Å². The lowest BCUT2D eigenvalue weighted by molar-refractivity contribution is 0.0682. The summed E-state index contributed by atoms with van der Waals surface area (Å²) in [7, 11) is 1.46. The predicted molar refractivity (Wildman–Crippen MR) is 46.1 cm³/mol. The number of carboxylic acid groups (broad SMARTS) is 1. The summed E-state index contributed by atoms with van der Waals surface area (Å²) < 4.78 is 4.99. The number of hydrogen-bond donors (Lipinski definition) is 2. The third-order valence-electron chi connectivity index (χ3n) is 2.03. The molecule has 0 radical (unpaired) electrons. The number of carbonyl (C=O) groups is 1. The van der Waals surface area contributed by atoms with Crippen molar-refractivity contribution in [3.8, 4) is 5.88 Å². The van der Waals surface area contributed by atoms with E-state index in [-0.39, 0.29) is 5.82 Å². The molecule has 0 saturated carbocycles. The third-order valence-corrected chi connectivity index (χ3v) is 2.03. The molecule has 1 aliphatic heterocycles. The Hall–Kier alpha value is -1.69. The van der Waals surface area contributed by atoms with E-state index >= 15 is 0 Å². The van der Waals surface area contributed by atoms with Crippen LogP contribution in [0.25, 0.3) is 0 Å². The summed E-state index contributed by atoms with van der Waals surface area (Å²) in [5.74, 6) is -1.01. The van der Waals surface area contributed by atoms with Gasteiger partial charge in [0.1, 0.15) is 0 Å². The molecule has 6 nitrogen and oxygen atoms in total. The lowest BCUT2D eigenvalue weighted by Crippen LogP contribution is -2.08. The summed E-state index contributed by atoms with van der Waals surface area (Å²) in [6.07, 6.45) is 0. The zero-order chi connectivity index (χ0) is 10.1. The van der Waals surface area contributed by atoms with Crippen molar-refractivity contribution in [3.63, 3.8) is 0 Å². The monoisotopic (exact) mass is 195 g/mol. The van der Waals surface area contributed by atoms with Crippen molar-refractivity contribution in [2.45, 2.75) is 13.1 Å². The minimum absolute atomic E-state index is 0.218. The van der Waals surface area contributed by atoms with Crippen molar-refractivity contribution in [2.75, 3.05) is 7.11 Å². The van der Waals surface area contributed by atoms with Gasteiger partial charge in [0.05, 0.1) is 18.4 Å². The molecule has 74 valence electrons. The minimum atomic E-state index is -1.14. The van der Waals surface area contributed by atoms with Gasteiger partial charge in [-0.25, -0.2) is 9.78 Å². The van der Waals surface area contributed by atoms with E-state index in [0.717, 1.165) is 5.56 Å². The molecule has 2 heterocycles. The van der Waals surface area contributed by atoms with Gasteiger partial charge in [-0.3, -0.25) is 0 Å². The molecule has 0 spiro atoms. The fourth-order valence-corrected chi connectivity index (χ4v) is 1.40. The highest BCUT2D eigenvalue weighted by Crippen LogP contribution is 2.22. The second-order valence-electron chi connectivity index (χ2n) is 2.89. The molecule has 1 aliphatic rings. The number of nitrogens with one attached hydrogen (secondary N) is 1. The van der Waals surface area contributed by atoms with Crippen LogP contribution in [0.2, 0.25) is 0 Å². The lowest BCUT2D eigenvalue weighted by Gasteiger charge is -2.05. The van der Waals surface area contributed by atoms with Gasteiger partial charge < -0.3 is 15.2 Å². The number of fused-ring (bicyclic) bond motifs is 1. The normalized spacial score (nSPS) is 13.8. The zero-order valence-corrected chi connectivity index (χ0v) is 7.57. The van der Waals surface area contributed by atoms with Crippen LogP contribution in [0.3, 0.4) is 0 Å². The first kappa shape index (κ1) is 8.89. The quantitative estimate of drug-likeness (QED) is 0.679. The minimum Gasteiger partial charge on any atom is -0.481 e. The first-order valence-electron chi connectivity index (χ1n) is 4.10. The lowest BCUT2D eigenvalue weighted by atomic mass is 10.2. The van der Waals surface area contributed by atoms with E-state index in [9.17, 15) is 4.79 Å². The molecule has 0 unspecified atom stereocenters. The molecule has 0 atom stereocenters. The first-order valence-corrected chi connectivity index (χ1v) is 4.10. The van der Waals surface area contributed by atoms with E-state index in [0.29, 0.717) is 24.7 Å². The summed E-state index contributed by atoms with van der Waals surface area (Å²) in [5.41, 5.74) is 1.55. The SMILES string of the molecule is COc1nc(C(=O)O)nc2c1CNC2. The van der Waals surface area contributed by atoms with Crippen LogP contribution in [0, 0.1) is 0 Å². The number of ether oxygens (including phenoxy) is 1. The van der Waals surface area contributed by atoms with E-state index in [2.05, 4.69) is 15.3 Å². The Morgan fingerprint density at radius 3 is 2.93 bits per heavy atom. The van der Waals surface area contributed by atoms with Crippen LogP contribution in [-0.2, 0) is 13.1 Å². The highest BCUT2D eigenvalue weighted by molar-refractivity contribution is 5.83. The van der Waals surface area contributed by atoms with E-state index < -0.39 is 5.97 Å². The molecule has 0 aliphatic carbocycles. The van der Waals surface area contributed by atoms with Crippen molar-refractivity contribution in [1.29, 1.82) is 0 Å². The van der Waals surface area contributed by atoms with Crippen LogP contribution in [0.4, 0.5) is 0 Å². The van der Waals surface area contributed by atoms with Crippen molar-refractivity contribution in [3.05, 3.63) is 17.1 Å². The fraction of sp³-hybridized carbons (Fsp3) is 0.375. The van der Waals surface area contributed by atoms with Crippen LogP contribution < -0.4 is 10.1 Å². The van der Waals surface area contributed by atoms with Gasteiger partial charge in [0.15, 0.2) is 0 Å². The van der Waals surface area contributed by atoms with E-state index in [4.69, 9.17) is 9.84 Å². The number of hydrogen-bond acceptors (Lipinski definition) is 5. The number of carboxylic acids is 1. The second-order valence-corrected chi connectivity index (χ2v) is 2.89. The predicted octanol–water partition coefficient (Wildman–Crippen LogP) is -0.213. The molecule has 2 N–H and O–H groups in total. The third kappa shape index (κ3) is 1.29. The number of aromatic carboxylic acids is 1. The summed E-state index contributed by atoms with van der Waals surface area (Å²) in [4.78, 5) is 18.4. The molecule has 1 aromatic rings. The van der Waals surface area contributed by atoms with Crippen LogP contribution in [0.15, 0.2) is 0 Å². The van der Waals surface area contributed by atoms with Crippen molar-refractivity contribution < 1.29 is 14.6 Å². The summed E-state index contributed by atoms with van der Waals surface area (Å²) in [6, 6.07) is 0. The molecule has 0 amide bonds. The summed E-state index contributed by atoms with van der Waals surface area (Å²) in [5, 5.41) is 11.8. The largest absolute Gasteiger partial charge is 0.481 e. The molecule has 14 heavy (non-hydrogen) atoms. The number of rotatable bonds is 2. The number of methoxy groups -OCH3 is 1. The van der Waals surface area contributed by atoms with Gasteiger partial charge in [-0.2, -0.15) is 4.98 Å². The zero-order valence-electron chi connectivity index (χ0n) is 7.57. The van der Waals surface area contributed by atoms with Crippen LogP contribution in [0.5, 0.6) is 5.88 Å². The van der Waals surface area contributed by atoms with Crippen LogP contribution in [-0.4, -0.2) is 28.2 Å². The molecule has 2 rings (SSSR count). The van der Waals surface area contributed by atoms with Crippen molar-refractivity contribution in [2.24, 2.45) is 0 Å². The highest BCUT2D eigenvalue weighted by atomic mass is 16.5. The average Bonchev–Trinajstić information content (AvgIpc) is 2.63. The van der Waals surface area contributed by atoms with Gasteiger partial charge in [-0.15, -0.1) is 0 Å². The van der Waals surface area contributed by atoms with Crippen LogP contribution >= 0.6 is 0 Å².